The topological polar surface area (TPSA) is 104 Å². The predicted molar refractivity (Wildman–Crippen MR) is 116 cm³/mol. The molecule has 7 heteroatoms. The van der Waals surface area contributed by atoms with E-state index in [4.69, 9.17) is 4.74 Å². The van der Waals surface area contributed by atoms with Gasteiger partial charge in [-0.25, -0.2) is 4.79 Å². The summed E-state index contributed by atoms with van der Waals surface area (Å²) in [4.78, 5) is 20.4. The molecule has 1 amide bonds. The maximum absolute atomic E-state index is 11.9. The molecule has 2 rings (SSSR count). The minimum Gasteiger partial charge on any atom is -0.507 e. The van der Waals surface area contributed by atoms with E-state index in [9.17, 15) is 15.0 Å². The van der Waals surface area contributed by atoms with Crippen LogP contribution < -0.4 is 5.32 Å². The average molecular weight is 397 g/mol. The smallest absolute Gasteiger partial charge is 0.412 e. The van der Waals surface area contributed by atoms with Crippen LogP contribution in [0.15, 0.2) is 46.4 Å². The summed E-state index contributed by atoms with van der Waals surface area (Å²) in [6.07, 6.45) is 2.57. The summed E-state index contributed by atoms with van der Waals surface area (Å²) in [6.45, 7) is 8.13. The Hall–Kier alpha value is -3.35. The maximum Gasteiger partial charge on any atom is 0.412 e. The number of hydrogen-bond donors (Lipinski definition) is 3. The highest BCUT2D eigenvalue weighted by atomic mass is 16.6. The van der Waals surface area contributed by atoms with Gasteiger partial charge in [0.25, 0.3) is 0 Å². The van der Waals surface area contributed by atoms with Crippen LogP contribution >= 0.6 is 0 Å². The minimum absolute atomic E-state index is 0.0525. The SMILES string of the molecule is Cc1ccc(O)c(C=NCCN=Cc2cc(NC(=O)OC(C)(C)C)ccc2O)c1. The highest BCUT2D eigenvalue weighted by Crippen LogP contribution is 2.21. The lowest BCUT2D eigenvalue weighted by Gasteiger charge is -2.19. The Kier molecular flexibility index (Phi) is 7.36. The van der Waals surface area contributed by atoms with Gasteiger partial charge in [0, 0.05) is 29.2 Å². The second-order valence-electron chi connectivity index (χ2n) is 7.53. The molecule has 0 bridgehead atoms. The van der Waals surface area contributed by atoms with Gasteiger partial charge in [0.05, 0.1) is 13.1 Å². The summed E-state index contributed by atoms with van der Waals surface area (Å²) in [7, 11) is 0. The lowest BCUT2D eigenvalue weighted by molar-refractivity contribution is 0.0636. The third-order valence-electron chi connectivity index (χ3n) is 3.67. The van der Waals surface area contributed by atoms with Crippen LogP contribution in [-0.2, 0) is 4.74 Å². The van der Waals surface area contributed by atoms with E-state index in [0.717, 1.165) is 5.56 Å². The monoisotopic (exact) mass is 397 g/mol. The molecule has 2 aromatic rings. The van der Waals surface area contributed by atoms with Crippen LogP contribution in [0.2, 0.25) is 0 Å². The van der Waals surface area contributed by atoms with Gasteiger partial charge in [0.15, 0.2) is 0 Å². The molecular formula is C22H27N3O4. The fourth-order valence-corrected chi connectivity index (χ4v) is 2.38. The Balaban J connectivity index is 1.92. The predicted octanol–water partition coefficient (Wildman–Crippen LogP) is 4.29. The first-order valence-corrected chi connectivity index (χ1v) is 9.26. The van der Waals surface area contributed by atoms with Crippen LogP contribution in [0.1, 0.15) is 37.5 Å². The Morgan fingerprint density at radius 1 is 1.00 bits per heavy atom. The van der Waals surface area contributed by atoms with Crippen molar-refractivity contribution in [2.45, 2.75) is 33.3 Å². The summed E-state index contributed by atoms with van der Waals surface area (Å²) in [5.74, 6) is 0.235. The summed E-state index contributed by atoms with van der Waals surface area (Å²) < 4.78 is 5.21. The third kappa shape index (κ3) is 7.65. The molecule has 7 nitrogen and oxygen atoms in total. The number of benzene rings is 2. The van der Waals surface area contributed by atoms with Crippen LogP contribution in [0, 0.1) is 6.92 Å². The normalized spacial score (nSPS) is 11.9. The van der Waals surface area contributed by atoms with E-state index in [-0.39, 0.29) is 11.5 Å². The number of phenols is 2. The van der Waals surface area contributed by atoms with Crippen LogP contribution in [0.5, 0.6) is 11.5 Å². The molecule has 0 radical (unpaired) electrons. The molecule has 0 aliphatic carbocycles. The first-order valence-electron chi connectivity index (χ1n) is 9.26. The number of phenolic OH excluding ortho intramolecular Hbond substituents is 2. The number of amides is 1. The van der Waals surface area contributed by atoms with Gasteiger partial charge in [0.2, 0.25) is 0 Å². The minimum atomic E-state index is -0.596. The van der Waals surface area contributed by atoms with Crippen molar-refractivity contribution < 1.29 is 19.7 Å². The zero-order valence-electron chi connectivity index (χ0n) is 17.1. The van der Waals surface area contributed by atoms with Gasteiger partial charge in [0.1, 0.15) is 17.1 Å². The van der Waals surface area contributed by atoms with Crippen LogP contribution in [-0.4, -0.2) is 47.4 Å². The third-order valence-corrected chi connectivity index (χ3v) is 3.67. The zero-order valence-corrected chi connectivity index (χ0v) is 17.1. The Labute approximate surface area is 170 Å². The molecule has 0 aromatic heterocycles. The van der Waals surface area contributed by atoms with Gasteiger partial charge < -0.3 is 14.9 Å². The number of carbonyl (C=O) groups excluding carboxylic acids is 1. The number of anilines is 1. The lowest BCUT2D eigenvalue weighted by atomic mass is 10.1. The standard InChI is InChI=1S/C22H27N3O4/c1-15-5-7-19(26)16(11-15)13-23-9-10-24-14-17-12-18(6-8-20(17)27)25-21(28)29-22(2,3)4/h5-8,11-14,26-27H,9-10H2,1-4H3,(H,25,28). The van der Waals surface area contributed by atoms with Crippen LogP contribution in [0.4, 0.5) is 10.5 Å². The Bertz CT molecular complexity index is 915. The van der Waals surface area contributed by atoms with E-state index in [1.165, 1.54) is 12.3 Å². The molecule has 29 heavy (non-hydrogen) atoms. The number of aliphatic imine (C=N–C) groups is 2. The highest BCUT2D eigenvalue weighted by Gasteiger charge is 2.16. The molecule has 2 aromatic carbocycles. The molecule has 0 unspecified atom stereocenters. The molecule has 0 atom stereocenters. The number of aryl methyl sites for hydroxylation is 1. The molecule has 0 heterocycles. The summed E-state index contributed by atoms with van der Waals surface area (Å²) in [5.41, 5.74) is 2.07. The van der Waals surface area contributed by atoms with Crippen molar-refractivity contribution in [2.24, 2.45) is 9.98 Å². The number of hydrogen-bond acceptors (Lipinski definition) is 6. The van der Waals surface area contributed by atoms with Gasteiger partial charge in [-0.15, -0.1) is 0 Å². The summed E-state index contributed by atoms with van der Waals surface area (Å²) in [5, 5.41) is 22.4. The van der Waals surface area contributed by atoms with E-state index >= 15 is 0 Å². The summed E-state index contributed by atoms with van der Waals surface area (Å²) >= 11 is 0. The largest absolute Gasteiger partial charge is 0.507 e. The number of nitrogens with zero attached hydrogens (tertiary/aromatic N) is 2. The van der Waals surface area contributed by atoms with Crippen molar-refractivity contribution in [3.05, 3.63) is 53.1 Å². The molecule has 3 N–H and O–H groups in total. The van der Waals surface area contributed by atoms with Gasteiger partial charge in [-0.05, 0) is 58.0 Å². The Morgan fingerprint density at radius 2 is 1.55 bits per heavy atom. The van der Waals surface area contributed by atoms with E-state index in [1.807, 2.05) is 19.1 Å². The van der Waals surface area contributed by atoms with Gasteiger partial charge >= 0.3 is 6.09 Å². The van der Waals surface area contributed by atoms with E-state index in [0.29, 0.717) is 29.9 Å². The number of aromatic hydroxyl groups is 2. The molecule has 154 valence electrons. The molecule has 0 aliphatic rings. The fraction of sp³-hybridized carbons (Fsp3) is 0.318. The molecular weight excluding hydrogens is 370 g/mol. The van der Waals surface area contributed by atoms with Crippen LogP contribution in [0.3, 0.4) is 0 Å². The maximum atomic E-state index is 11.9. The molecule has 0 saturated carbocycles. The average Bonchev–Trinajstić information content (AvgIpc) is 2.61. The quantitative estimate of drug-likeness (QED) is 0.384. The van der Waals surface area contributed by atoms with E-state index in [2.05, 4.69) is 15.3 Å². The van der Waals surface area contributed by atoms with Crippen molar-refractivity contribution in [1.29, 1.82) is 0 Å². The van der Waals surface area contributed by atoms with Crippen molar-refractivity contribution in [1.82, 2.24) is 0 Å². The first kappa shape index (κ1) is 21.9. The van der Waals surface area contributed by atoms with Crippen molar-refractivity contribution in [3.8, 4) is 11.5 Å². The Morgan fingerprint density at radius 3 is 2.14 bits per heavy atom. The highest BCUT2D eigenvalue weighted by molar-refractivity contribution is 5.89. The van der Waals surface area contributed by atoms with Crippen molar-refractivity contribution >= 4 is 24.2 Å². The van der Waals surface area contributed by atoms with E-state index in [1.54, 1.807) is 45.2 Å². The lowest BCUT2D eigenvalue weighted by Crippen LogP contribution is -2.27. The van der Waals surface area contributed by atoms with Crippen molar-refractivity contribution in [3.63, 3.8) is 0 Å². The molecule has 0 saturated heterocycles. The second kappa shape index (κ2) is 9.73. The second-order valence-corrected chi connectivity index (χ2v) is 7.53. The number of nitrogens with one attached hydrogen (secondary N) is 1. The van der Waals surface area contributed by atoms with Gasteiger partial charge in [-0.3, -0.25) is 15.3 Å². The number of rotatable bonds is 6. The van der Waals surface area contributed by atoms with Gasteiger partial charge in [-0.1, -0.05) is 11.6 Å². The summed E-state index contributed by atoms with van der Waals surface area (Å²) in [6, 6.07) is 9.98. The zero-order chi connectivity index (χ0) is 21.4. The van der Waals surface area contributed by atoms with Crippen molar-refractivity contribution in [2.75, 3.05) is 18.4 Å². The number of ether oxygens (including phenoxy) is 1. The van der Waals surface area contributed by atoms with E-state index < -0.39 is 11.7 Å². The van der Waals surface area contributed by atoms with Gasteiger partial charge in [-0.2, -0.15) is 0 Å². The molecule has 0 fully saturated rings. The fourth-order valence-electron chi connectivity index (χ4n) is 2.38. The number of carbonyl (C=O) groups is 1. The van der Waals surface area contributed by atoms with Crippen LogP contribution in [0.25, 0.3) is 0 Å². The molecule has 0 spiro atoms. The molecule has 0 aliphatic heterocycles. The first-order chi connectivity index (χ1) is 13.6.